The van der Waals surface area contributed by atoms with Crippen molar-refractivity contribution < 1.29 is 27.4 Å². The van der Waals surface area contributed by atoms with Crippen LogP contribution in [0.25, 0.3) is 0 Å². The largest absolute Gasteiger partial charge is 0.482 e. The Bertz CT molecular complexity index is 479. The standard InChI is InChI=1S/C13H18F3N3O3.2ClH/c1-21-8-7-17-5-6-19-12(20)11-10(3-2-4-18-11)22-9-13(14,15)16;;/h2-4,17H,5-9H2,1H3,(H,19,20);2*1H. The lowest BCUT2D eigenvalue weighted by Crippen LogP contribution is -2.33. The van der Waals surface area contributed by atoms with Crippen molar-refractivity contribution in [1.82, 2.24) is 15.6 Å². The molecule has 0 aromatic carbocycles. The molecule has 0 fully saturated rings. The predicted octanol–water partition coefficient (Wildman–Crippen LogP) is 1.83. The van der Waals surface area contributed by atoms with Gasteiger partial charge in [-0.05, 0) is 12.1 Å². The topological polar surface area (TPSA) is 72.5 Å². The van der Waals surface area contributed by atoms with Crippen LogP contribution in [0.15, 0.2) is 18.3 Å². The van der Waals surface area contributed by atoms with Crippen molar-refractivity contribution in [2.75, 3.05) is 40.0 Å². The summed E-state index contributed by atoms with van der Waals surface area (Å²) in [6, 6.07) is 2.67. The lowest BCUT2D eigenvalue weighted by molar-refractivity contribution is -0.153. The lowest BCUT2D eigenvalue weighted by atomic mass is 10.3. The molecule has 0 bridgehead atoms. The first-order valence-electron chi connectivity index (χ1n) is 6.56. The summed E-state index contributed by atoms with van der Waals surface area (Å²) >= 11 is 0. The number of carbonyl (C=O) groups is 1. The Morgan fingerprint density at radius 1 is 1.25 bits per heavy atom. The highest BCUT2D eigenvalue weighted by Crippen LogP contribution is 2.20. The van der Waals surface area contributed by atoms with Crippen molar-refractivity contribution >= 4 is 30.7 Å². The summed E-state index contributed by atoms with van der Waals surface area (Å²) in [6.45, 7) is 0.509. The zero-order valence-electron chi connectivity index (χ0n) is 12.9. The van der Waals surface area contributed by atoms with Gasteiger partial charge < -0.3 is 20.1 Å². The summed E-state index contributed by atoms with van der Waals surface area (Å²) in [5.41, 5.74) is -0.177. The average molecular weight is 394 g/mol. The van der Waals surface area contributed by atoms with Gasteiger partial charge in [-0.25, -0.2) is 4.98 Å². The van der Waals surface area contributed by atoms with E-state index in [2.05, 4.69) is 20.4 Å². The highest BCUT2D eigenvalue weighted by molar-refractivity contribution is 5.94. The third-order valence-electron chi connectivity index (χ3n) is 2.45. The van der Waals surface area contributed by atoms with E-state index in [1.165, 1.54) is 18.3 Å². The Kier molecular flexibility index (Phi) is 13.6. The molecule has 11 heteroatoms. The molecular formula is C13H20Cl2F3N3O3. The van der Waals surface area contributed by atoms with Crippen LogP contribution in [0.4, 0.5) is 13.2 Å². The van der Waals surface area contributed by atoms with Crippen molar-refractivity contribution in [3.8, 4) is 5.75 Å². The number of rotatable bonds is 9. The number of carbonyl (C=O) groups excluding carboxylic acids is 1. The van der Waals surface area contributed by atoms with Gasteiger partial charge in [-0.1, -0.05) is 0 Å². The van der Waals surface area contributed by atoms with E-state index in [4.69, 9.17) is 4.74 Å². The first-order valence-corrected chi connectivity index (χ1v) is 6.56. The molecule has 0 radical (unpaired) electrons. The van der Waals surface area contributed by atoms with Gasteiger partial charge in [-0.2, -0.15) is 13.2 Å². The third kappa shape index (κ3) is 10.5. The molecule has 0 aliphatic rings. The van der Waals surface area contributed by atoms with Gasteiger partial charge in [0.25, 0.3) is 5.91 Å². The zero-order chi connectivity index (χ0) is 16.4. The van der Waals surface area contributed by atoms with E-state index in [1.54, 1.807) is 7.11 Å². The molecule has 1 heterocycles. The molecular weight excluding hydrogens is 374 g/mol. The number of methoxy groups -OCH3 is 1. The molecule has 0 aliphatic carbocycles. The molecule has 1 rings (SSSR count). The van der Waals surface area contributed by atoms with Crippen LogP contribution in [0.2, 0.25) is 0 Å². The Hall–Kier alpha value is -1.29. The quantitative estimate of drug-likeness (QED) is 0.626. The van der Waals surface area contributed by atoms with E-state index in [0.29, 0.717) is 26.2 Å². The van der Waals surface area contributed by atoms with E-state index in [1.807, 2.05) is 0 Å². The maximum atomic E-state index is 12.2. The summed E-state index contributed by atoms with van der Waals surface area (Å²) in [7, 11) is 1.58. The van der Waals surface area contributed by atoms with Gasteiger partial charge in [-0.15, -0.1) is 24.8 Å². The summed E-state index contributed by atoms with van der Waals surface area (Å²) in [6.07, 6.45) is -3.17. The number of nitrogens with zero attached hydrogens (tertiary/aromatic N) is 1. The highest BCUT2D eigenvalue weighted by atomic mass is 35.5. The van der Waals surface area contributed by atoms with E-state index in [-0.39, 0.29) is 36.3 Å². The normalized spacial score (nSPS) is 10.3. The summed E-state index contributed by atoms with van der Waals surface area (Å²) < 4.78 is 45.9. The Balaban J connectivity index is 0. The van der Waals surface area contributed by atoms with Gasteiger partial charge in [0.1, 0.15) is 0 Å². The number of pyridine rings is 1. The SMILES string of the molecule is COCCNCCNC(=O)c1ncccc1OCC(F)(F)F.Cl.Cl. The van der Waals surface area contributed by atoms with Crippen LogP contribution in [0.3, 0.4) is 0 Å². The van der Waals surface area contributed by atoms with Gasteiger partial charge in [-0.3, -0.25) is 4.79 Å². The van der Waals surface area contributed by atoms with Crippen molar-refractivity contribution in [2.24, 2.45) is 0 Å². The fourth-order valence-electron chi connectivity index (χ4n) is 1.48. The van der Waals surface area contributed by atoms with Gasteiger partial charge in [0.2, 0.25) is 0 Å². The maximum absolute atomic E-state index is 12.2. The van der Waals surface area contributed by atoms with Gasteiger partial charge in [0.15, 0.2) is 18.1 Å². The zero-order valence-corrected chi connectivity index (χ0v) is 14.5. The molecule has 0 aliphatic heterocycles. The molecule has 0 atom stereocenters. The van der Waals surface area contributed by atoms with Crippen LogP contribution < -0.4 is 15.4 Å². The Morgan fingerprint density at radius 2 is 1.96 bits per heavy atom. The van der Waals surface area contributed by atoms with Crippen LogP contribution in [-0.4, -0.2) is 57.0 Å². The van der Waals surface area contributed by atoms with Gasteiger partial charge >= 0.3 is 6.18 Å². The number of halogens is 5. The third-order valence-corrected chi connectivity index (χ3v) is 2.45. The molecule has 1 aromatic rings. The molecule has 140 valence electrons. The Morgan fingerprint density at radius 3 is 2.58 bits per heavy atom. The van der Waals surface area contributed by atoms with E-state index in [9.17, 15) is 18.0 Å². The van der Waals surface area contributed by atoms with Crippen molar-refractivity contribution in [3.05, 3.63) is 24.0 Å². The maximum Gasteiger partial charge on any atom is 0.422 e. The molecule has 0 saturated carbocycles. The molecule has 0 unspecified atom stereocenters. The first-order chi connectivity index (χ1) is 10.4. The summed E-state index contributed by atoms with van der Waals surface area (Å²) in [5, 5.41) is 5.56. The van der Waals surface area contributed by atoms with E-state index < -0.39 is 18.7 Å². The average Bonchev–Trinajstić information content (AvgIpc) is 2.48. The fraction of sp³-hybridized carbons (Fsp3) is 0.538. The molecule has 1 amide bonds. The minimum atomic E-state index is -4.48. The van der Waals surface area contributed by atoms with Crippen molar-refractivity contribution in [2.45, 2.75) is 6.18 Å². The predicted molar refractivity (Wildman–Crippen MR) is 87.4 cm³/mol. The van der Waals surface area contributed by atoms with Crippen LogP contribution in [0.5, 0.6) is 5.75 Å². The Labute approximate surface area is 150 Å². The number of ether oxygens (including phenoxy) is 2. The summed E-state index contributed by atoms with van der Waals surface area (Å²) in [4.78, 5) is 15.7. The number of alkyl halides is 3. The number of amides is 1. The lowest BCUT2D eigenvalue weighted by Gasteiger charge is -2.12. The second-order valence-electron chi connectivity index (χ2n) is 4.25. The molecule has 6 nitrogen and oxygen atoms in total. The minimum absolute atomic E-state index is 0. The minimum Gasteiger partial charge on any atom is -0.482 e. The fourth-order valence-corrected chi connectivity index (χ4v) is 1.48. The van der Waals surface area contributed by atoms with Crippen LogP contribution in [0.1, 0.15) is 10.5 Å². The second kappa shape index (κ2) is 13.1. The van der Waals surface area contributed by atoms with Crippen LogP contribution >= 0.6 is 24.8 Å². The molecule has 0 spiro atoms. The molecule has 24 heavy (non-hydrogen) atoms. The highest BCUT2D eigenvalue weighted by Gasteiger charge is 2.29. The molecule has 0 saturated heterocycles. The second-order valence-corrected chi connectivity index (χ2v) is 4.25. The van der Waals surface area contributed by atoms with Gasteiger partial charge in [0.05, 0.1) is 6.61 Å². The van der Waals surface area contributed by atoms with E-state index >= 15 is 0 Å². The first kappa shape index (κ1) is 25.0. The van der Waals surface area contributed by atoms with Crippen LogP contribution in [-0.2, 0) is 4.74 Å². The number of hydrogen-bond acceptors (Lipinski definition) is 5. The van der Waals surface area contributed by atoms with Crippen molar-refractivity contribution in [3.63, 3.8) is 0 Å². The smallest absolute Gasteiger partial charge is 0.422 e. The monoisotopic (exact) mass is 393 g/mol. The molecule has 2 N–H and O–H groups in total. The van der Waals surface area contributed by atoms with Crippen LogP contribution in [0, 0.1) is 0 Å². The van der Waals surface area contributed by atoms with Gasteiger partial charge in [0, 0.05) is 32.9 Å². The number of aromatic nitrogens is 1. The number of hydrogen-bond donors (Lipinski definition) is 2. The van der Waals surface area contributed by atoms with E-state index in [0.717, 1.165) is 0 Å². The summed E-state index contributed by atoms with van der Waals surface area (Å²) in [5.74, 6) is -0.795. The number of nitrogens with one attached hydrogen (secondary N) is 2. The van der Waals surface area contributed by atoms with Crippen molar-refractivity contribution in [1.29, 1.82) is 0 Å². The molecule has 1 aromatic heterocycles.